The smallest absolute Gasteiger partial charge is 0.319 e. The van der Waals surface area contributed by atoms with Gasteiger partial charge in [-0.3, -0.25) is 14.4 Å². The first-order valence-electron chi connectivity index (χ1n) is 12.6. The Hall–Kier alpha value is -2.01. The number of rotatable bonds is 1. The largest absolute Gasteiger partial charge is 0.468 e. The molecule has 11 atom stereocenters. The Morgan fingerprint density at radius 1 is 1.08 bits per heavy atom. The third-order valence-electron chi connectivity index (χ3n) is 11.1. The zero-order valence-electron chi connectivity index (χ0n) is 21.5. The van der Waals surface area contributed by atoms with Gasteiger partial charge in [-0.1, -0.05) is 12.5 Å². The van der Waals surface area contributed by atoms with Crippen molar-refractivity contribution in [3.05, 3.63) is 11.1 Å². The number of allylic oxidation sites excluding steroid dienone is 1. The number of cyclic esters (lactones) is 1. The fourth-order valence-corrected chi connectivity index (χ4v) is 9.72. The Kier molecular flexibility index (Phi) is 3.86. The normalized spacial score (nSPS) is 57.1. The van der Waals surface area contributed by atoms with Crippen LogP contribution in [-0.2, 0) is 42.8 Å². The van der Waals surface area contributed by atoms with Crippen molar-refractivity contribution in [2.24, 2.45) is 28.1 Å². The summed E-state index contributed by atoms with van der Waals surface area (Å²) < 4.78 is 36.7. The first-order valence-corrected chi connectivity index (χ1v) is 12.6. The Bertz CT molecular complexity index is 1190. The summed E-state index contributed by atoms with van der Waals surface area (Å²) in [6.45, 7) is 10.9. The Labute approximate surface area is 208 Å². The molecule has 1 spiro atoms. The van der Waals surface area contributed by atoms with Crippen molar-refractivity contribution in [1.29, 1.82) is 0 Å². The summed E-state index contributed by atoms with van der Waals surface area (Å²) in [4.78, 5) is 40.6. The number of hydrogen-bond acceptors (Lipinski definition) is 10. The van der Waals surface area contributed by atoms with Gasteiger partial charge in [0.25, 0.3) is 5.79 Å². The van der Waals surface area contributed by atoms with Gasteiger partial charge in [0.2, 0.25) is 0 Å². The number of methoxy groups -OCH3 is 1. The molecule has 7 aliphatic rings. The molecular formula is C26H32O10. The van der Waals surface area contributed by atoms with Crippen molar-refractivity contribution in [2.45, 2.75) is 96.0 Å². The van der Waals surface area contributed by atoms with E-state index >= 15 is 0 Å². The Morgan fingerprint density at radius 3 is 2.44 bits per heavy atom. The quantitative estimate of drug-likeness (QED) is 0.242. The van der Waals surface area contributed by atoms with Gasteiger partial charge in [0.05, 0.1) is 25.0 Å². The van der Waals surface area contributed by atoms with Crippen molar-refractivity contribution in [3.8, 4) is 0 Å². The molecule has 10 nitrogen and oxygen atoms in total. The van der Waals surface area contributed by atoms with Gasteiger partial charge >= 0.3 is 17.9 Å². The van der Waals surface area contributed by atoms with Crippen LogP contribution in [0.2, 0.25) is 0 Å². The molecule has 1 saturated carbocycles. The monoisotopic (exact) mass is 504 g/mol. The molecule has 6 fully saturated rings. The van der Waals surface area contributed by atoms with Crippen molar-refractivity contribution in [3.63, 3.8) is 0 Å². The summed E-state index contributed by atoms with van der Waals surface area (Å²) >= 11 is 0. The van der Waals surface area contributed by atoms with Gasteiger partial charge in [0.15, 0.2) is 17.3 Å². The predicted octanol–water partition coefficient (Wildman–Crippen LogP) is 1.38. The zero-order valence-corrected chi connectivity index (χ0v) is 21.5. The molecule has 5 heterocycles. The molecule has 0 aromatic rings. The van der Waals surface area contributed by atoms with Gasteiger partial charge in [-0.2, -0.15) is 0 Å². The molecule has 0 aromatic heterocycles. The van der Waals surface area contributed by atoms with Crippen LogP contribution in [0.15, 0.2) is 11.1 Å². The molecular weight excluding hydrogens is 472 g/mol. The summed E-state index contributed by atoms with van der Waals surface area (Å²) in [5, 5.41) is 11.4. The molecule has 5 saturated heterocycles. The molecule has 0 unspecified atom stereocenters. The van der Waals surface area contributed by atoms with E-state index in [4.69, 9.17) is 28.4 Å². The highest BCUT2D eigenvalue weighted by Crippen LogP contribution is 2.82. The summed E-state index contributed by atoms with van der Waals surface area (Å²) in [7, 11) is 1.30. The molecule has 0 amide bonds. The van der Waals surface area contributed by atoms with Gasteiger partial charge in [-0.25, -0.2) is 0 Å². The van der Waals surface area contributed by atoms with E-state index in [1.807, 2.05) is 27.7 Å². The van der Waals surface area contributed by atoms with E-state index in [0.29, 0.717) is 0 Å². The number of esters is 3. The number of carbonyl (C=O) groups is 3. The minimum absolute atomic E-state index is 0.0636. The van der Waals surface area contributed by atoms with Crippen LogP contribution in [0.5, 0.6) is 0 Å². The zero-order chi connectivity index (χ0) is 26.0. The SMILES string of the molecule is COC(=O)[C@]12[C@@H]3[C@@H](O)O[C@@H](C)[C@@]14OC(=O)[C@]3(C)C[C@H]1C(C)=C3CC(=O)OC(C)(C)[C@@]35O[C@H]5[C@H](O4)[C@@]12C. The van der Waals surface area contributed by atoms with Crippen LogP contribution < -0.4 is 0 Å². The molecule has 2 aliphatic carbocycles. The highest BCUT2D eigenvalue weighted by Gasteiger charge is 2.96. The van der Waals surface area contributed by atoms with Crippen LogP contribution in [0.25, 0.3) is 0 Å². The number of hydrogen-bond donors (Lipinski definition) is 1. The number of fused-ring (bicyclic) bond motifs is 1. The third-order valence-corrected chi connectivity index (χ3v) is 11.1. The Balaban J connectivity index is 1.60. The second kappa shape index (κ2) is 6.00. The van der Waals surface area contributed by atoms with E-state index in [9.17, 15) is 19.5 Å². The van der Waals surface area contributed by atoms with E-state index < -0.39 is 75.7 Å². The minimum Gasteiger partial charge on any atom is -0.468 e. The number of epoxide rings is 1. The molecule has 5 aliphatic heterocycles. The first-order chi connectivity index (χ1) is 16.7. The number of aliphatic hydroxyl groups is 1. The van der Waals surface area contributed by atoms with Crippen molar-refractivity contribution in [2.75, 3.05) is 7.11 Å². The lowest BCUT2D eigenvalue weighted by atomic mass is 9.37. The molecule has 10 heteroatoms. The summed E-state index contributed by atoms with van der Waals surface area (Å²) in [6, 6.07) is 0. The molecule has 4 bridgehead atoms. The summed E-state index contributed by atoms with van der Waals surface area (Å²) in [5.41, 5.74) is -4.07. The lowest BCUT2D eigenvalue weighted by Crippen LogP contribution is -2.82. The van der Waals surface area contributed by atoms with Gasteiger partial charge < -0.3 is 33.5 Å². The first kappa shape index (κ1) is 23.1. The van der Waals surface area contributed by atoms with E-state index in [1.165, 1.54) is 7.11 Å². The van der Waals surface area contributed by atoms with Crippen LogP contribution in [0.4, 0.5) is 0 Å². The maximum Gasteiger partial charge on any atom is 0.319 e. The predicted molar refractivity (Wildman–Crippen MR) is 118 cm³/mol. The number of carbonyl (C=O) groups excluding carboxylic acids is 3. The van der Waals surface area contributed by atoms with Gasteiger partial charge in [0, 0.05) is 11.3 Å². The molecule has 7 rings (SSSR count). The van der Waals surface area contributed by atoms with Crippen LogP contribution >= 0.6 is 0 Å². The fraction of sp³-hybridized carbons (Fsp3) is 0.808. The van der Waals surface area contributed by atoms with Crippen LogP contribution in [0, 0.1) is 28.1 Å². The second-order valence-corrected chi connectivity index (χ2v) is 12.6. The van der Waals surface area contributed by atoms with Crippen molar-refractivity contribution in [1.82, 2.24) is 0 Å². The summed E-state index contributed by atoms with van der Waals surface area (Å²) in [6.07, 6.45) is -3.35. The highest BCUT2D eigenvalue weighted by atomic mass is 16.8. The van der Waals surface area contributed by atoms with E-state index in [-0.39, 0.29) is 24.7 Å². The average Bonchev–Trinajstić information content (AvgIpc) is 3.48. The summed E-state index contributed by atoms with van der Waals surface area (Å²) in [5.74, 6) is -4.65. The van der Waals surface area contributed by atoms with Gasteiger partial charge in [0.1, 0.15) is 17.8 Å². The lowest BCUT2D eigenvalue weighted by molar-refractivity contribution is -0.416. The number of aliphatic hydroxyl groups excluding tert-OH is 1. The minimum atomic E-state index is -1.82. The van der Waals surface area contributed by atoms with Crippen LogP contribution in [0.1, 0.15) is 54.4 Å². The van der Waals surface area contributed by atoms with Gasteiger partial charge in [-0.15, -0.1) is 0 Å². The van der Waals surface area contributed by atoms with Crippen molar-refractivity contribution < 1.29 is 47.9 Å². The average molecular weight is 505 g/mol. The second-order valence-electron chi connectivity index (χ2n) is 12.6. The van der Waals surface area contributed by atoms with Gasteiger partial charge in [-0.05, 0) is 52.5 Å². The van der Waals surface area contributed by atoms with Crippen LogP contribution in [0.3, 0.4) is 0 Å². The van der Waals surface area contributed by atoms with E-state index in [2.05, 4.69) is 0 Å². The molecule has 0 radical (unpaired) electrons. The topological polar surface area (TPSA) is 130 Å². The molecule has 36 heavy (non-hydrogen) atoms. The molecule has 1 N–H and O–H groups in total. The van der Waals surface area contributed by atoms with E-state index in [0.717, 1.165) is 11.1 Å². The Morgan fingerprint density at radius 2 is 1.78 bits per heavy atom. The van der Waals surface area contributed by atoms with Crippen molar-refractivity contribution >= 4 is 17.9 Å². The fourth-order valence-electron chi connectivity index (χ4n) is 9.72. The van der Waals surface area contributed by atoms with Crippen LogP contribution in [-0.4, -0.2) is 71.7 Å². The maximum atomic E-state index is 14.2. The lowest BCUT2D eigenvalue weighted by Gasteiger charge is -2.68. The maximum absolute atomic E-state index is 14.2. The standard InChI is InChI=1S/C26H32O10/c1-10-12-8-14(27)33-21(3,4)25(12)17(34-25)16-23(6)13(10)9-22(5)15-18(28)32-11(2)26(35-16,36-19(22)29)24(15,23)20(30)31-7/h11,13,15-18,28H,8-9H2,1-7H3/t11-,13-,15+,16-,17-,18-,22+,23+,24-,25+,26+/m0/s1. The third kappa shape index (κ3) is 1.88. The highest BCUT2D eigenvalue weighted by molar-refractivity contribution is 5.89. The number of ether oxygens (including phenoxy) is 6. The molecule has 196 valence electrons. The van der Waals surface area contributed by atoms with E-state index in [1.54, 1.807) is 13.8 Å². The molecule has 0 aromatic carbocycles.